The normalized spacial score (nSPS) is 19.9. The molecular weight excluding hydrogens is 331 g/mol. The number of hydrogen-bond donors (Lipinski definition) is 0. The number of thioether (sulfide) groups is 1. The fourth-order valence-corrected chi connectivity index (χ4v) is 4.84. The van der Waals surface area contributed by atoms with Crippen LogP contribution in [0.3, 0.4) is 0 Å². The highest BCUT2D eigenvalue weighted by molar-refractivity contribution is 8.00. The largest absolute Gasteiger partial charge is 0.368 e. The summed E-state index contributed by atoms with van der Waals surface area (Å²) >= 11 is 3.35. The number of aromatic nitrogens is 2. The number of nitrogens with zero attached hydrogens (tertiary/aromatic N) is 2. The Hall–Kier alpha value is -1.63. The fraction of sp³-hybridized carbons (Fsp3) is 0.235. The molecule has 0 N–H and O–H groups in total. The van der Waals surface area contributed by atoms with Crippen LogP contribution >= 0.6 is 23.1 Å². The quantitative estimate of drug-likeness (QED) is 0.680. The summed E-state index contributed by atoms with van der Waals surface area (Å²) in [5, 5.41) is 4.35. The molecule has 0 spiro atoms. The monoisotopic (exact) mass is 346 g/mol. The van der Waals surface area contributed by atoms with Crippen LogP contribution in [0.2, 0.25) is 0 Å². The number of thiophene rings is 1. The van der Waals surface area contributed by atoms with Crippen molar-refractivity contribution in [3.8, 4) is 0 Å². The van der Waals surface area contributed by atoms with Gasteiger partial charge in [-0.1, -0.05) is 6.07 Å². The Bertz CT molecular complexity index is 774. The van der Waals surface area contributed by atoms with Crippen molar-refractivity contribution in [3.05, 3.63) is 70.7 Å². The topological polar surface area (TPSA) is 27.1 Å². The molecule has 2 atom stereocenters. The van der Waals surface area contributed by atoms with Crippen molar-refractivity contribution >= 4 is 23.1 Å². The summed E-state index contributed by atoms with van der Waals surface area (Å²) in [7, 11) is 0. The number of ether oxygens (including phenoxy) is 1. The van der Waals surface area contributed by atoms with Crippen LogP contribution in [0.1, 0.15) is 17.2 Å². The predicted molar refractivity (Wildman–Crippen MR) is 90.1 cm³/mol. The van der Waals surface area contributed by atoms with Gasteiger partial charge in [-0.15, -0.1) is 11.8 Å². The van der Waals surface area contributed by atoms with Crippen molar-refractivity contribution in [1.82, 2.24) is 9.55 Å². The van der Waals surface area contributed by atoms with Crippen LogP contribution in [-0.4, -0.2) is 14.8 Å². The lowest BCUT2D eigenvalue weighted by Gasteiger charge is -2.20. The zero-order valence-corrected chi connectivity index (χ0v) is 13.9. The van der Waals surface area contributed by atoms with Crippen LogP contribution in [0, 0.1) is 5.82 Å². The molecule has 118 valence electrons. The average molecular weight is 346 g/mol. The van der Waals surface area contributed by atoms with Crippen LogP contribution in [0.25, 0.3) is 0 Å². The van der Waals surface area contributed by atoms with Gasteiger partial charge >= 0.3 is 0 Å². The van der Waals surface area contributed by atoms with E-state index in [0.29, 0.717) is 6.61 Å². The molecule has 0 fully saturated rings. The number of halogens is 1. The summed E-state index contributed by atoms with van der Waals surface area (Å²) in [6, 6.07) is 7.04. The molecule has 0 aliphatic carbocycles. The molecule has 3 aromatic rings. The van der Waals surface area contributed by atoms with Crippen LogP contribution in [0.15, 0.2) is 58.6 Å². The highest BCUT2D eigenvalue weighted by atomic mass is 32.2. The van der Waals surface area contributed by atoms with Gasteiger partial charge in [0.05, 0.1) is 24.3 Å². The first kappa shape index (κ1) is 14.9. The Morgan fingerprint density at radius 2 is 2.26 bits per heavy atom. The Labute approximate surface area is 142 Å². The molecule has 0 amide bonds. The molecule has 1 aliphatic heterocycles. The van der Waals surface area contributed by atoms with Crippen molar-refractivity contribution < 1.29 is 9.13 Å². The van der Waals surface area contributed by atoms with E-state index >= 15 is 0 Å². The van der Waals surface area contributed by atoms with Crippen molar-refractivity contribution in [1.29, 1.82) is 0 Å². The minimum atomic E-state index is -0.198. The van der Waals surface area contributed by atoms with Gasteiger partial charge in [-0.25, -0.2) is 9.37 Å². The molecule has 6 heteroatoms. The SMILES string of the molecule is Fc1ccc2c(c1)S[C@H](Cn1ccnc1)[C@@H]2OCc1ccsc1. The van der Waals surface area contributed by atoms with Crippen molar-refractivity contribution in [2.75, 3.05) is 0 Å². The first-order valence-corrected chi connectivity index (χ1v) is 9.16. The van der Waals surface area contributed by atoms with Crippen LogP contribution in [0.5, 0.6) is 0 Å². The summed E-state index contributed by atoms with van der Waals surface area (Å²) in [5.41, 5.74) is 2.26. The Balaban J connectivity index is 1.57. The maximum atomic E-state index is 13.5. The third-order valence-electron chi connectivity index (χ3n) is 3.86. The van der Waals surface area contributed by atoms with E-state index in [1.165, 1.54) is 11.6 Å². The number of hydrogen-bond acceptors (Lipinski definition) is 4. The van der Waals surface area contributed by atoms with Crippen molar-refractivity contribution in [2.45, 2.75) is 29.4 Å². The molecule has 3 heterocycles. The first-order chi connectivity index (χ1) is 11.3. The van der Waals surface area contributed by atoms with Crippen LogP contribution in [-0.2, 0) is 17.9 Å². The van der Waals surface area contributed by atoms with Crippen molar-refractivity contribution in [2.24, 2.45) is 0 Å². The Kier molecular flexibility index (Phi) is 4.20. The maximum absolute atomic E-state index is 13.5. The molecule has 2 aromatic heterocycles. The number of benzene rings is 1. The average Bonchev–Trinajstić information content (AvgIpc) is 3.26. The minimum absolute atomic E-state index is 0.0436. The second kappa shape index (κ2) is 6.47. The summed E-state index contributed by atoms with van der Waals surface area (Å²) in [4.78, 5) is 5.07. The van der Waals surface area contributed by atoms with Crippen LogP contribution < -0.4 is 0 Å². The van der Waals surface area contributed by atoms with E-state index in [2.05, 4.69) is 16.4 Å². The molecule has 23 heavy (non-hydrogen) atoms. The fourth-order valence-electron chi connectivity index (χ4n) is 2.76. The van der Waals surface area contributed by atoms with Gasteiger partial charge in [-0.05, 0) is 40.1 Å². The summed E-state index contributed by atoms with van der Waals surface area (Å²) < 4.78 is 21.8. The van der Waals surface area contributed by atoms with E-state index < -0.39 is 0 Å². The van der Waals surface area contributed by atoms with Gasteiger partial charge in [-0.2, -0.15) is 11.3 Å². The number of fused-ring (bicyclic) bond motifs is 1. The van der Waals surface area contributed by atoms with Crippen molar-refractivity contribution in [3.63, 3.8) is 0 Å². The number of imidazole rings is 1. The molecule has 4 rings (SSSR count). The third-order valence-corrected chi connectivity index (χ3v) is 5.90. The zero-order valence-electron chi connectivity index (χ0n) is 12.3. The van der Waals surface area contributed by atoms with E-state index in [9.17, 15) is 4.39 Å². The number of rotatable bonds is 5. The van der Waals surface area contributed by atoms with E-state index in [1.54, 1.807) is 41.7 Å². The Morgan fingerprint density at radius 1 is 1.30 bits per heavy atom. The summed E-state index contributed by atoms with van der Waals surface area (Å²) in [6.07, 6.45) is 5.48. The highest BCUT2D eigenvalue weighted by Crippen LogP contribution is 2.47. The smallest absolute Gasteiger partial charge is 0.124 e. The zero-order chi connectivity index (χ0) is 15.6. The molecule has 1 aliphatic rings. The van der Waals surface area contributed by atoms with Gasteiger partial charge < -0.3 is 9.30 Å². The molecule has 0 unspecified atom stereocenters. The molecule has 3 nitrogen and oxygen atoms in total. The van der Waals surface area contributed by atoms with Crippen LogP contribution in [0.4, 0.5) is 4.39 Å². The van der Waals surface area contributed by atoms with Gasteiger partial charge in [-0.3, -0.25) is 0 Å². The lowest BCUT2D eigenvalue weighted by molar-refractivity contribution is 0.0368. The van der Waals surface area contributed by atoms with E-state index in [1.807, 2.05) is 22.2 Å². The van der Waals surface area contributed by atoms with Gasteiger partial charge in [0.2, 0.25) is 0 Å². The minimum Gasteiger partial charge on any atom is -0.368 e. The van der Waals surface area contributed by atoms with E-state index in [0.717, 1.165) is 17.0 Å². The van der Waals surface area contributed by atoms with Gasteiger partial charge in [0, 0.05) is 23.8 Å². The molecular formula is C17H15FN2OS2. The van der Waals surface area contributed by atoms with Gasteiger partial charge in [0.25, 0.3) is 0 Å². The summed E-state index contributed by atoms with van der Waals surface area (Å²) in [5.74, 6) is -0.198. The lowest BCUT2D eigenvalue weighted by Crippen LogP contribution is -2.19. The lowest BCUT2D eigenvalue weighted by atomic mass is 10.1. The molecule has 0 saturated heterocycles. The van der Waals surface area contributed by atoms with Gasteiger partial charge in [0.15, 0.2) is 0 Å². The first-order valence-electron chi connectivity index (χ1n) is 7.34. The predicted octanol–water partition coefficient (Wildman–Crippen LogP) is 4.52. The van der Waals surface area contributed by atoms with E-state index in [-0.39, 0.29) is 17.2 Å². The molecule has 0 radical (unpaired) electrons. The summed E-state index contributed by atoms with van der Waals surface area (Å²) in [6.45, 7) is 1.36. The highest BCUT2D eigenvalue weighted by Gasteiger charge is 2.34. The van der Waals surface area contributed by atoms with Gasteiger partial charge in [0.1, 0.15) is 5.82 Å². The maximum Gasteiger partial charge on any atom is 0.124 e. The molecule has 0 saturated carbocycles. The third kappa shape index (κ3) is 3.20. The molecule has 1 aromatic carbocycles. The second-order valence-corrected chi connectivity index (χ2v) is 7.52. The second-order valence-electron chi connectivity index (χ2n) is 5.46. The van der Waals surface area contributed by atoms with E-state index in [4.69, 9.17) is 4.74 Å². The Morgan fingerprint density at radius 3 is 3.04 bits per heavy atom. The molecule has 0 bridgehead atoms. The standard InChI is InChI=1S/C17H15FN2OS2/c18-13-1-2-14-15(7-13)23-16(8-20-5-4-19-11-20)17(14)21-9-12-3-6-22-10-12/h1-7,10-11,16-17H,8-9H2/t16-,17-/m1/s1.